The van der Waals surface area contributed by atoms with Crippen LogP contribution in [0.1, 0.15) is 37.0 Å². The van der Waals surface area contributed by atoms with Crippen LogP contribution in [0.4, 0.5) is 0 Å². The molecule has 1 atom stereocenters. The van der Waals surface area contributed by atoms with Crippen molar-refractivity contribution in [1.82, 2.24) is 0 Å². The van der Waals surface area contributed by atoms with Crippen LogP contribution < -0.4 is 9.47 Å². The zero-order valence-corrected chi connectivity index (χ0v) is 17.0. The Hall–Kier alpha value is -1.75. The summed E-state index contributed by atoms with van der Waals surface area (Å²) in [6.07, 6.45) is -0.0386. The molecule has 2 aromatic rings. The van der Waals surface area contributed by atoms with Gasteiger partial charge in [-0.3, -0.25) is 0 Å². The maximum absolute atomic E-state index is 9.55. The highest BCUT2D eigenvalue weighted by molar-refractivity contribution is 6.18. The minimum absolute atomic E-state index is 0.134. The average molecular weight is 393 g/mol. The molecular weight excluding hydrogens is 364 g/mol. The smallest absolute Gasteiger partial charge is 0.122 e. The number of aliphatic hydroxyl groups excluding tert-OH is 2. The molecule has 2 N–H and O–H groups in total. The van der Waals surface area contributed by atoms with E-state index in [9.17, 15) is 5.11 Å². The van der Waals surface area contributed by atoms with Crippen molar-refractivity contribution in [2.45, 2.75) is 38.7 Å². The normalized spacial score (nSPS) is 12.7. The highest BCUT2D eigenvalue weighted by atomic mass is 35.5. The number of alkyl halides is 1. The molecule has 5 heteroatoms. The lowest BCUT2D eigenvalue weighted by molar-refractivity contribution is 0.125. The van der Waals surface area contributed by atoms with Crippen LogP contribution in [0.15, 0.2) is 42.5 Å². The third-order valence-corrected chi connectivity index (χ3v) is 5.01. The second-order valence-corrected chi connectivity index (χ2v) is 7.48. The summed E-state index contributed by atoms with van der Waals surface area (Å²) >= 11 is 5.61. The van der Waals surface area contributed by atoms with E-state index < -0.39 is 6.10 Å². The van der Waals surface area contributed by atoms with Crippen LogP contribution in [0.25, 0.3) is 0 Å². The van der Waals surface area contributed by atoms with Crippen molar-refractivity contribution in [1.29, 1.82) is 0 Å². The van der Waals surface area contributed by atoms with E-state index in [0.29, 0.717) is 13.0 Å². The molecule has 0 spiro atoms. The van der Waals surface area contributed by atoms with Crippen molar-refractivity contribution in [3.05, 3.63) is 59.2 Å². The summed E-state index contributed by atoms with van der Waals surface area (Å²) in [4.78, 5) is 0. The molecule has 1 unspecified atom stereocenters. The number of ether oxygens (including phenoxy) is 2. The molecule has 148 valence electrons. The van der Waals surface area contributed by atoms with Crippen molar-refractivity contribution >= 4 is 11.6 Å². The second kappa shape index (κ2) is 9.98. The number of hydrogen-bond acceptors (Lipinski definition) is 4. The molecular formula is C22H29ClO4. The van der Waals surface area contributed by atoms with Crippen LogP contribution in [0, 0.1) is 6.92 Å². The molecule has 0 saturated carbocycles. The van der Waals surface area contributed by atoms with Crippen molar-refractivity contribution in [2.24, 2.45) is 0 Å². The molecule has 0 aliphatic heterocycles. The molecule has 0 bridgehead atoms. The van der Waals surface area contributed by atoms with Gasteiger partial charge in [0, 0.05) is 18.4 Å². The molecule has 0 aliphatic carbocycles. The van der Waals surface area contributed by atoms with Gasteiger partial charge < -0.3 is 19.7 Å². The van der Waals surface area contributed by atoms with Gasteiger partial charge in [-0.05, 0) is 41.8 Å². The predicted molar refractivity (Wildman–Crippen MR) is 109 cm³/mol. The maximum Gasteiger partial charge on any atom is 0.122 e. The Kier molecular flexibility index (Phi) is 7.96. The largest absolute Gasteiger partial charge is 0.494 e. The summed E-state index contributed by atoms with van der Waals surface area (Å²) in [7, 11) is 0. The molecule has 0 heterocycles. The summed E-state index contributed by atoms with van der Waals surface area (Å²) < 4.78 is 11.3. The lowest BCUT2D eigenvalue weighted by atomic mass is 9.77. The van der Waals surface area contributed by atoms with Gasteiger partial charge in [-0.25, -0.2) is 0 Å². The average Bonchev–Trinajstić information content (AvgIpc) is 2.67. The Labute approximate surface area is 166 Å². The van der Waals surface area contributed by atoms with Gasteiger partial charge >= 0.3 is 0 Å². The highest BCUT2D eigenvalue weighted by Gasteiger charge is 2.24. The van der Waals surface area contributed by atoms with Gasteiger partial charge in [0.25, 0.3) is 0 Å². The van der Waals surface area contributed by atoms with E-state index >= 15 is 0 Å². The van der Waals surface area contributed by atoms with Gasteiger partial charge in [0.15, 0.2) is 0 Å². The molecule has 0 radical (unpaired) electrons. The Balaban J connectivity index is 2.12. The summed E-state index contributed by atoms with van der Waals surface area (Å²) in [6.45, 7) is 7.20. The fraction of sp³-hybridized carbons (Fsp3) is 0.455. The minimum Gasteiger partial charge on any atom is -0.494 e. The Morgan fingerprint density at radius 2 is 1.70 bits per heavy atom. The molecule has 0 amide bonds. The SMILES string of the molecule is Cc1cc(C(C)(C)c2ccc(OCCCO)cc2)ccc1OCC(O)CCl. The van der Waals surface area contributed by atoms with Crippen LogP contribution in [-0.2, 0) is 5.41 Å². The highest BCUT2D eigenvalue weighted by Crippen LogP contribution is 2.34. The molecule has 0 saturated heterocycles. The Morgan fingerprint density at radius 1 is 1.04 bits per heavy atom. The van der Waals surface area contributed by atoms with Crippen molar-refractivity contribution in [3.8, 4) is 11.5 Å². The number of halogens is 1. The Bertz CT molecular complexity index is 713. The lowest BCUT2D eigenvalue weighted by Gasteiger charge is -2.27. The van der Waals surface area contributed by atoms with Crippen LogP contribution in [0.5, 0.6) is 11.5 Å². The fourth-order valence-corrected chi connectivity index (χ4v) is 2.91. The van der Waals surface area contributed by atoms with Gasteiger partial charge in [0.05, 0.1) is 12.5 Å². The number of rotatable bonds is 10. The van der Waals surface area contributed by atoms with Crippen LogP contribution >= 0.6 is 11.6 Å². The maximum atomic E-state index is 9.55. The van der Waals surface area contributed by atoms with E-state index in [0.717, 1.165) is 17.1 Å². The third kappa shape index (κ3) is 5.86. The summed E-state index contributed by atoms with van der Waals surface area (Å²) in [5.74, 6) is 1.72. The van der Waals surface area contributed by atoms with Crippen LogP contribution in [0.2, 0.25) is 0 Å². The molecule has 0 fully saturated rings. The zero-order chi connectivity index (χ0) is 19.9. The fourth-order valence-electron chi connectivity index (χ4n) is 2.82. The first-order valence-electron chi connectivity index (χ1n) is 9.20. The Morgan fingerprint density at radius 3 is 2.30 bits per heavy atom. The van der Waals surface area contributed by atoms with Crippen molar-refractivity contribution in [2.75, 3.05) is 25.7 Å². The number of aliphatic hydroxyl groups is 2. The minimum atomic E-state index is -0.666. The van der Waals surface area contributed by atoms with Gasteiger partial charge in [-0.1, -0.05) is 38.1 Å². The summed E-state index contributed by atoms with van der Waals surface area (Å²) in [6, 6.07) is 14.2. The number of benzene rings is 2. The van der Waals surface area contributed by atoms with Crippen LogP contribution in [0.3, 0.4) is 0 Å². The molecule has 27 heavy (non-hydrogen) atoms. The van der Waals surface area contributed by atoms with Crippen molar-refractivity contribution in [3.63, 3.8) is 0 Å². The van der Waals surface area contributed by atoms with E-state index in [-0.39, 0.29) is 24.5 Å². The predicted octanol–water partition coefficient (Wildman–Crippen LogP) is 4.06. The van der Waals surface area contributed by atoms with E-state index in [1.165, 1.54) is 11.1 Å². The van der Waals surface area contributed by atoms with Gasteiger partial charge in [-0.15, -0.1) is 11.6 Å². The summed E-state index contributed by atoms with van der Waals surface area (Å²) in [5.41, 5.74) is 3.20. The van der Waals surface area contributed by atoms with Gasteiger partial charge in [0.2, 0.25) is 0 Å². The quantitative estimate of drug-likeness (QED) is 0.473. The third-order valence-electron chi connectivity index (χ3n) is 4.65. The number of hydrogen-bond donors (Lipinski definition) is 2. The van der Waals surface area contributed by atoms with E-state index in [2.05, 4.69) is 38.1 Å². The summed E-state index contributed by atoms with van der Waals surface area (Å²) in [5, 5.41) is 18.4. The molecule has 0 aromatic heterocycles. The molecule has 2 rings (SSSR count). The van der Waals surface area contributed by atoms with Gasteiger partial charge in [-0.2, -0.15) is 0 Å². The second-order valence-electron chi connectivity index (χ2n) is 7.17. The molecule has 0 aliphatic rings. The zero-order valence-electron chi connectivity index (χ0n) is 16.2. The standard InChI is InChI=1S/C22H29ClO4/c1-16-13-18(7-10-21(16)27-15-19(25)14-23)22(2,3)17-5-8-20(9-6-17)26-12-4-11-24/h5-10,13,19,24-25H,4,11-12,14-15H2,1-3H3. The number of aryl methyl sites for hydroxylation is 1. The van der Waals surface area contributed by atoms with E-state index in [1.807, 2.05) is 25.1 Å². The topological polar surface area (TPSA) is 58.9 Å². The first-order valence-corrected chi connectivity index (χ1v) is 9.74. The van der Waals surface area contributed by atoms with E-state index in [4.69, 9.17) is 26.2 Å². The van der Waals surface area contributed by atoms with Gasteiger partial charge in [0.1, 0.15) is 24.2 Å². The first-order chi connectivity index (χ1) is 12.9. The van der Waals surface area contributed by atoms with Crippen molar-refractivity contribution < 1.29 is 19.7 Å². The molecule has 4 nitrogen and oxygen atoms in total. The van der Waals surface area contributed by atoms with Crippen LogP contribution in [-0.4, -0.2) is 42.0 Å². The van der Waals surface area contributed by atoms with E-state index in [1.54, 1.807) is 0 Å². The monoisotopic (exact) mass is 392 g/mol. The first kappa shape index (κ1) is 21.5. The molecule has 2 aromatic carbocycles. The lowest BCUT2D eigenvalue weighted by Crippen LogP contribution is -2.20.